The van der Waals surface area contributed by atoms with Gasteiger partial charge in [0, 0.05) is 93.1 Å². The number of carboxylic acids is 6. The fraction of sp³-hybridized carbons (Fsp3) is 0.551. The number of urea groups is 1. The molecule has 4 atom stereocenters. The number of nitrogens with zero attached hydrogens (tertiary/aromatic N) is 5. The van der Waals surface area contributed by atoms with Crippen LogP contribution in [0, 0.1) is 9.49 Å². The van der Waals surface area contributed by atoms with E-state index >= 15 is 0 Å². The van der Waals surface area contributed by atoms with Gasteiger partial charge in [0.2, 0.25) is 5.91 Å². The topological polar surface area (TPSA) is 360 Å². The van der Waals surface area contributed by atoms with Crippen LogP contribution in [-0.2, 0) is 51.3 Å². The van der Waals surface area contributed by atoms with Gasteiger partial charge in [0.05, 0.1) is 32.8 Å². The Hall–Kier alpha value is -6.11. The van der Waals surface area contributed by atoms with Crippen LogP contribution in [0.5, 0.6) is 0 Å². The Morgan fingerprint density at radius 1 is 0.684 bits per heavy atom. The molecule has 0 aliphatic carbocycles. The number of halogens is 1. The lowest BCUT2D eigenvalue weighted by atomic mass is 10.0. The molecule has 25 nitrogen and oxygen atoms in total. The van der Waals surface area contributed by atoms with E-state index in [9.17, 15) is 78.9 Å². The molecule has 420 valence electrons. The Balaban J connectivity index is 1.58. The zero-order valence-electron chi connectivity index (χ0n) is 42.1. The molecule has 1 heterocycles. The van der Waals surface area contributed by atoms with Crippen molar-refractivity contribution in [3.63, 3.8) is 0 Å². The highest BCUT2D eigenvalue weighted by molar-refractivity contribution is 14.1. The molecule has 11 N–H and O–H groups in total. The van der Waals surface area contributed by atoms with E-state index < -0.39 is 85.5 Å². The van der Waals surface area contributed by atoms with Gasteiger partial charge in [0.15, 0.2) is 5.11 Å². The van der Waals surface area contributed by atoms with Gasteiger partial charge < -0.3 is 66.7 Å². The van der Waals surface area contributed by atoms with Crippen molar-refractivity contribution in [2.45, 2.75) is 76.0 Å². The van der Waals surface area contributed by atoms with E-state index in [0.29, 0.717) is 62.3 Å². The molecule has 27 heteroatoms. The van der Waals surface area contributed by atoms with Gasteiger partial charge in [0.1, 0.15) is 18.4 Å². The number of nitrogens with one attached hydrogen (secondary N) is 4. The molecule has 0 aromatic heterocycles. The smallest absolute Gasteiger partial charge is 0.326 e. The molecule has 0 spiro atoms. The monoisotopic (exact) mass is 1200 g/mol. The Bertz CT molecular complexity index is 2250. The third-order valence-corrected chi connectivity index (χ3v) is 13.3. The number of amides is 3. The fourth-order valence-corrected chi connectivity index (χ4v) is 8.93. The van der Waals surface area contributed by atoms with Gasteiger partial charge in [-0.15, -0.1) is 0 Å². The minimum Gasteiger partial charge on any atom is -0.480 e. The highest BCUT2D eigenvalue weighted by Gasteiger charge is 2.29. The normalized spacial score (nSPS) is 16.3. The van der Waals surface area contributed by atoms with E-state index in [0.717, 1.165) is 14.7 Å². The number of thiocarbonyl (C=S) groups is 1. The number of aliphatic hydroxyl groups excluding tert-OH is 1. The fourth-order valence-electron chi connectivity index (χ4n) is 8.35. The van der Waals surface area contributed by atoms with E-state index in [1.165, 1.54) is 0 Å². The Kier molecular flexibility index (Phi) is 29.2. The van der Waals surface area contributed by atoms with Crippen molar-refractivity contribution in [2.75, 3.05) is 97.0 Å². The molecule has 3 unspecified atom stereocenters. The van der Waals surface area contributed by atoms with Crippen molar-refractivity contribution in [1.82, 2.24) is 40.4 Å². The molecule has 2 aromatic carbocycles. The molecule has 3 amide bonds. The number of aliphatic carboxylic acids is 6. The van der Waals surface area contributed by atoms with Gasteiger partial charge in [-0.3, -0.25) is 43.6 Å². The number of rotatable bonds is 31. The van der Waals surface area contributed by atoms with Crippen LogP contribution in [-0.4, -0.2) is 229 Å². The number of benzene rings is 2. The van der Waals surface area contributed by atoms with Crippen molar-refractivity contribution in [3.05, 3.63) is 63.2 Å². The number of unbranched alkanes of at least 4 members (excludes halogenated alkanes) is 2. The quantitative estimate of drug-likeness (QED) is 0.0215. The first-order valence-electron chi connectivity index (χ1n) is 24.7. The maximum atomic E-state index is 13.6. The van der Waals surface area contributed by atoms with E-state index in [-0.39, 0.29) is 90.7 Å². The number of aldehydes is 1. The molecule has 3 rings (SSSR count). The van der Waals surface area contributed by atoms with Gasteiger partial charge in [-0.05, 0) is 115 Å². The average molecular weight is 1200 g/mol. The summed E-state index contributed by atoms with van der Waals surface area (Å²) >= 11 is 7.72. The number of carboxylic acid groups (broad SMARTS) is 6. The van der Waals surface area contributed by atoms with Crippen molar-refractivity contribution in [3.8, 4) is 0 Å². The van der Waals surface area contributed by atoms with Crippen LogP contribution >= 0.6 is 34.8 Å². The first-order valence-corrected chi connectivity index (χ1v) is 26.2. The number of anilines is 1. The highest BCUT2D eigenvalue weighted by atomic mass is 127. The third-order valence-electron chi connectivity index (χ3n) is 12.3. The first kappa shape index (κ1) is 64.2. The molecule has 0 bridgehead atoms. The molecule has 2 aromatic rings. The molecule has 0 saturated carbocycles. The summed E-state index contributed by atoms with van der Waals surface area (Å²) in [6.07, 6.45) is 2.23. The van der Waals surface area contributed by atoms with Crippen molar-refractivity contribution in [1.29, 1.82) is 0 Å². The lowest BCUT2D eigenvalue weighted by Gasteiger charge is -2.37. The van der Waals surface area contributed by atoms with E-state index in [1.807, 2.05) is 36.4 Å². The molecule has 1 saturated heterocycles. The van der Waals surface area contributed by atoms with E-state index in [1.54, 1.807) is 36.6 Å². The second-order valence-corrected chi connectivity index (χ2v) is 20.0. The largest absolute Gasteiger partial charge is 0.480 e. The minimum atomic E-state index is -1.55. The number of carbonyl (C=O) groups excluding carboxylic acids is 3. The van der Waals surface area contributed by atoms with Crippen LogP contribution in [0.25, 0.3) is 0 Å². The van der Waals surface area contributed by atoms with Crippen LogP contribution in [0.1, 0.15) is 56.1 Å². The molecular weight excluding hydrogens is 1130 g/mol. The Labute approximate surface area is 459 Å². The zero-order chi connectivity index (χ0) is 56.2. The summed E-state index contributed by atoms with van der Waals surface area (Å²) in [7, 11) is 0. The van der Waals surface area contributed by atoms with Gasteiger partial charge in [0.25, 0.3) is 0 Å². The SMILES string of the molecule is O=CC(CO)CC(NC(=O)N[C@@H](CCCCN(Cc1ccc(I)cc1)C(=O)CCCCNC(=S)Nc1ccc(CC2CN(CC(=O)O)CCN(CC(=O)O)CCN(CC(=O)O)CCN2CC(=O)O)cc1)C(=O)O)C(=O)O. The summed E-state index contributed by atoms with van der Waals surface area (Å²) in [5.41, 5.74) is 2.33. The second kappa shape index (κ2) is 34.5. The summed E-state index contributed by atoms with van der Waals surface area (Å²) in [5, 5.41) is 78.2. The average Bonchev–Trinajstić information content (AvgIpc) is 3.34. The Morgan fingerprint density at radius 2 is 1.22 bits per heavy atom. The van der Waals surface area contributed by atoms with Gasteiger partial charge in [-0.1, -0.05) is 24.3 Å². The zero-order valence-corrected chi connectivity index (χ0v) is 45.1. The highest BCUT2D eigenvalue weighted by Crippen LogP contribution is 2.18. The summed E-state index contributed by atoms with van der Waals surface area (Å²) < 4.78 is 1.01. The molecule has 0 radical (unpaired) electrons. The number of hydrogen-bond donors (Lipinski definition) is 11. The van der Waals surface area contributed by atoms with E-state index in [4.69, 9.17) is 12.2 Å². The van der Waals surface area contributed by atoms with Crippen molar-refractivity contribution >= 4 is 99.6 Å². The molecule has 76 heavy (non-hydrogen) atoms. The maximum Gasteiger partial charge on any atom is 0.326 e. The van der Waals surface area contributed by atoms with Crippen LogP contribution in [0.2, 0.25) is 0 Å². The van der Waals surface area contributed by atoms with Gasteiger partial charge >= 0.3 is 41.8 Å². The van der Waals surface area contributed by atoms with Crippen molar-refractivity contribution < 1.29 is 78.9 Å². The molecule has 1 aliphatic heterocycles. The van der Waals surface area contributed by atoms with Crippen LogP contribution in [0.15, 0.2) is 48.5 Å². The van der Waals surface area contributed by atoms with E-state index in [2.05, 4.69) is 43.9 Å². The summed E-state index contributed by atoms with van der Waals surface area (Å²) in [5.74, 6) is -8.38. The number of aliphatic hydroxyl groups is 1. The predicted octanol–water partition coefficient (Wildman–Crippen LogP) is 0.821. The minimum absolute atomic E-state index is 0.0246. The van der Waals surface area contributed by atoms with Crippen molar-refractivity contribution in [2.24, 2.45) is 5.92 Å². The first-order chi connectivity index (χ1) is 36.1. The third kappa shape index (κ3) is 26.1. The number of carbonyl (C=O) groups is 9. The van der Waals surface area contributed by atoms with Crippen LogP contribution < -0.4 is 21.3 Å². The standard InChI is InChI=1S/C49H70IN9O16S/c50-36-11-7-34(8-12-36)25-59(16-4-2-5-39(46(71)72)53-48(75)54-40(47(73)74)24-35(31-60)32-61)41(62)6-1-3-15-51-49(76)52-37-13-9-33(10-14-37)23-38-26-57(29-44(67)68)20-19-55(27-42(63)64)17-18-56(28-43(65)66)21-22-58(38)30-45(69)70/h7-14,31,35,38-40,61H,1-6,15-30,32H2,(H,63,64)(H,65,66)(H,67,68)(H,69,70)(H,71,72)(H,73,74)(H2,51,52,76)(H2,53,54,75)/t35?,38?,39-,40?/m0/s1. The van der Waals surface area contributed by atoms with Crippen LogP contribution in [0.4, 0.5) is 10.5 Å². The number of hydrogen-bond acceptors (Lipinski definition) is 15. The summed E-state index contributed by atoms with van der Waals surface area (Å²) in [6, 6.07) is 10.4. The summed E-state index contributed by atoms with van der Waals surface area (Å²) in [6.45, 7) is 0.156. The van der Waals surface area contributed by atoms with Gasteiger partial charge in [-0.2, -0.15) is 0 Å². The van der Waals surface area contributed by atoms with Gasteiger partial charge in [-0.25, -0.2) is 14.4 Å². The lowest BCUT2D eigenvalue weighted by molar-refractivity contribution is -0.142. The van der Waals surface area contributed by atoms with Crippen LogP contribution in [0.3, 0.4) is 0 Å². The molecule has 1 fully saturated rings. The lowest BCUT2D eigenvalue weighted by Crippen LogP contribution is -2.53. The Morgan fingerprint density at radius 3 is 1.78 bits per heavy atom. The molecule has 1 aliphatic rings. The maximum absolute atomic E-state index is 13.6. The summed E-state index contributed by atoms with van der Waals surface area (Å²) in [4.78, 5) is 117. The second-order valence-electron chi connectivity index (χ2n) is 18.4. The molecular formula is C49H70IN9O16S. The predicted molar refractivity (Wildman–Crippen MR) is 288 cm³/mol.